The topological polar surface area (TPSA) is 18.5 Å². The number of hydrogen-bond acceptors (Lipinski definition) is 2. The van der Waals surface area contributed by atoms with Crippen molar-refractivity contribution in [2.75, 3.05) is 26.4 Å². The Balaban J connectivity index is 4.03. The van der Waals surface area contributed by atoms with Gasteiger partial charge in [-0.3, -0.25) is 0 Å². The van der Waals surface area contributed by atoms with E-state index in [0.29, 0.717) is 0 Å². The van der Waals surface area contributed by atoms with Crippen LogP contribution in [0.4, 0.5) is 61.5 Å². The standard InChI is InChI=1S/C14H16F14O2/c15-9(16,11(19,20)13(23,24)25)7-29-5-3-1-2-4-6-30-8-10(17,18)12(21,22)14(26,27)28/h1-8H2. The molecule has 0 saturated carbocycles. The first-order valence-electron chi connectivity index (χ1n) is 8.01. The summed E-state index contributed by atoms with van der Waals surface area (Å²) in [4.78, 5) is 0. The van der Waals surface area contributed by atoms with E-state index in [0.717, 1.165) is 0 Å². The molecule has 16 heteroatoms. The lowest BCUT2D eigenvalue weighted by Crippen LogP contribution is -2.54. The molecule has 0 rings (SSSR count). The van der Waals surface area contributed by atoms with E-state index >= 15 is 0 Å². The molecule has 0 atom stereocenters. The molecule has 0 unspecified atom stereocenters. The van der Waals surface area contributed by atoms with Gasteiger partial charge in [0.1, 0.15) is 13.2 Å². The second-order valence-corrected chi connectivity index (χ2v) is 6.07. The summed E-state index contributed by atoms with van der Waals surface area (Å²) in [7, 11) is 0. The van der Waals surface area contributed by atoms with E-state index in [-0.39, 0.29) is 25.7 Å². The van der Waals surface area contributed by atoms with Crippen molar-refractivity contribution in [3.63, 3.8) is 0 Å². The predicted octanol–water partition coefficient (Wildman–Crippen LogP) is 6.25. The van der Waals surface area contributed by atoms with E-state index in [1.54, 1.807) is 0 Å². The minimum Gasteiger partial charge on any atom is -0.375 e. The van der Waals surface area contributed by atoms with Crippen LogP contribution in [0.1, 0.15) is 25.7 Å². The Hall–Kier alpha value is -1.06. The highest BCUT2D eigenvalue weighted by Crippen LogP contribution is 2.47. The quantitative estimate of drug-likeness (QED) is 0.229. The minimum atomic E-state index is -6.49. The third-order valence-electron chi connectivity index (χ3n) is 3.52. The van der Waals surface area contributed by atoms with Crippen molar-refractivity contribution in [3.8, 4) is 0 Å². The molecular weight excluding hydrogens is 466 g/mol. The van der Waals surface area contributed by atoms with Crippen molar-refractivity contribution in [1.82, 2.24) is 0 Å². The summed E-state index contributed by atoms with van der Waals surface area (Å²) < 4.78 is 181. The fraction of sp³-hybridized carbons (Fsp3) is 1.00. The fourth-order valence-corrected chi connectivity index (χ4v) is 1.76. The minimum absolute atomic E-state index is 0.0553. The summed E-state index contributed by atoms with van der Waals surface area (Å²) >= 11 is 0. The number of halogens is 14. The van der Waals surface area contributed by atoms with Crippen molar-refractivity contribution < 1.29 is 70.9 Å². The Morgan fingerprint density at radius 1 is 0.400 bits per heavy atom. The molecule has 0 aliphatic carbocycles. The Bertz CT molecular complexity index is 466. The van der Waals surface area contributed by atoms with Crippen LogP contribution >= 0.6 is 0 Å². The molecule has 2 nitrogen and oxygen atoms in total. The second kappa shape index (κ2) is 10.0. The SMILES string of the molecule is FC(F)(F)C(F)(F)C(F)(F)COCCCCCCOCC(F)(F)C(F)(F)C(F)(F)F. The number of hydrogen-bond donors (Lipinski definition) is 0. The lowest BCUT2D eigenvalue weighted by molar-refractivity contribution is -0.361. The van der Waals surface area contributed by atoms with Gasteiger partial charge in [-0.1, -0.05) is 12.8 Å². The Morgan fingerprint density at radius 3 is 0.900 bits per heavy atom. The van der Waals surface area contributed by atoms with Crippen molar-refractivity contribution in [2.24, 2.45) is 0 Å². The van der Waals surface area contributed by atoms with Gasteiger partial charge < -0.3 is 9.47 Å². The van der Waals surface area contributed by atoms with Gasteiger partial charge in [-0.05, 0) is 12.8 Å². The molecule has 0 spiro atoms. The predicted molar refractivity (Wildman–Crippen MR) is 72.0 cm³/mol. The summed E-state index contributed by atoms with van der Waals surface area (Å²) in [6.07, 6.45) is -13.1. The molecule has 0 aromatic heterocycles. The molecule has 0 bridgehead atoms. The second-order valence-electron chi connectivity index (χ2n) is 6.07. The van der Waals surface area contributed by atoms with Crippen LogP contribution in [-0.4, -0.2) is 62.5 Å². The van der Waals surface area contributed by atoms with Gasteiger partial charge >= 0.3 is 36.0 Å². The van der Waals surface area contributed by atoms with Gasteiger partial charge in [-0.25, -0.2) is 0 Å². The van der Waals surface area contributed by atoms with Crippen LogP contribution in [-0.2, 0) is 9.47 Å². The highest BCUT2D eigenvalue weighted by Gasteiger charge is 2.73. The van der Waals surface area contributed by atoms with Gasteiger partial charge in [-0.15, -0.1) is 0 Å². The van der Waals surface area contributed by atoms with E-state index < -0.39 is 62.5 Å². The first-order chi connectivity index (χ1) is 13.2. The van der Waals surface area contributed by atoms with Gasteiger partial charge in [-0.2, -0.15) is 61.5 Å². The average Bonchev–Trinajstić information content (AvgIpc) is 2.54. The van der Waals surface area contributed by atoms with Gasteiger partial charge in [0, 0.05) is 13.2 Å². The third-order valence-corrected chi connectivity index (χ3v) is 3.52. The summed E-state index contributed by atoms with van der Waals surface area (Å²) in [5.74, 6) is -23.6. The van der Waals surface area contributed by atoms with Crippen LogP contribution in [0.15, 0.2) is 0 Å². The zero-order chi connectivity index (χ0) is 24.1. The zero-order valence-electron chi connectivity index (χ0n) is 14.8. The molecule has 30 heavy (non-hydrogen) atoms. The van der Waals surface area contributed by atoms with Crippen molar-refractivity contribution in [3.05, 3.63) is 0 Å². The molecule has 0 saturated heterocycles. The molecule has 0 amide bonds. The number of unbranched alkanes of at least 4 members (excludes halogenated alkanes) is 3. The summed E-state index contributed by atoms with van der Waals surface area (Å²) in [5.41, 5.74) is 0. The third kappa shape index (κ3) is 7.27. The molecule has 182 valence electrons. The van der Waals surface area contributed by atoms with E-state index in [1.165, 1.54) is 0 Å². The van der Waals surface area contributed by atoms with Gasteiger partial charge in [0.15, 0.2) is 0 Å². The Morgan fingerprint density at radius 2 is 0.667 bits per heavy atom. The molecule has 0 aromatic carbocycles. The fourth-order valence-electron chi connectivity index (χ4n) is 1.76. The monoisotopic (exact) mass is 482 g/mol. The molecule has 0 aliphatic rings. The molecule has 0 aliphatic heterocycles. The number of alkyl halides is 14. The summed E-state index contributed by atoms with van der Waals surface area (Å²) in [5, 5.41) is 0. The normalized spacial score (nSPS) is 15.0. The van der Waals surface area contributed by atoms with Crippen LogP contribution in [0, 0.1) is 0 Å². The smallest absolute Gasteiger partial charge is 0.375 e. The molecule has 0 radical (unpaired) electrons. The summed E-state index contributed by atoms with van der Waals surface area (Å²) in [6.45, 7) is -5.74. The van der Waals surface area contributed by atoms with E-state index in [1.807, 2.05) is 0 Å². The van der Waals surface area contributed by atoms with E-state index in [9.17, 15) is 61.5 Å². The molecule has 0 N–H and O–H groups in total. The molecule has 0 aromatic rings. The lowest BCUT2D eigenvalue weighted by Gasteiger charge is -2.28. The van der Waals surface area contributed by atoms with Crippen LogP contribution in [0.2, 0.25) is 0 Å². The van der Waals surface area contributed by atoms with E-state index in [4.69, 9.17) is 0 Å². The van der Waals surface area contributed by atoms with Crippen molar-refractivity contribution in [2.45, 2.75) is 61.7 Å². The van der Waals surface area contributed by atoms with Gasteiger partial charge in [0.2, 0.25) is 0 Å². The van der Waals surface area contributed by atoms with E-state index in [2.05, 4.69) is 9.47 Å². The van der Waals surface area contributed by atoms with Crippen molar-refractivity contribution in [1.29, 1.82) is 0 Å². The Kier molecular flexibility index (Phi) is 9.69. The van der Waals surface area contributed by atoms with Crippen LogP contribution in [0.25, 0.3) is 0 Å². The first kappa shape index (κ1) is 28.9. The highest BCUT2D eigenvalue weighted by atomic mass is 19.4. The van der Waals surface area contributed by atoms with Gasteiger partial charge in [0.05, 0.1) is 0 Å². The number of ether oxygens (including phenoxy) is 2. The first-order valence-corrected chi connectivity index (χ1v) is 8.01. The van der Waals surface area contributed by atoms with Crippen molar-refractivity contribution >= 4 is 0 Å². The summed E-state index contributed by atoms with van der Waals surface area (Å²) in [6, 6.07) is 0. The highest BCUT2D eigenvalue weighted by molar-refractivity contribution is 4.91. The van der Waals surface area contributed by atoms with Crippen LogP contribution in [0.3, 0.4) is 0 Å². The van der Waals surface area contributed by atoms with Gasteiger partial charge in [0.25, 0.3) is 0 Å². The molecular formula is C14H16F14O2. The van der Waals surface area contributed by atoms with Crippen LogP contribution in [0.5, 0.6) is 0 Å². The maximum absolute atomic E-state index is 12.9. The maximum Gasteiger partial charge on any atom is 0.459 e. The average molecular weight is 482 g/mol. The lowest BCUT2D eigenvalue weighted by atomic mass is 10.1. The van der Waals surface area contributed by atoms with Crippen LogP contribution < -0.4 is 0 Å². The number of rotatable bonds is 13. The largest absolute Gasteiger partial charge is 0.459 e. The molecule has 0 fully saturated rings. The molecule has 0 heterocycles. The maximum atomic E-state index is 12.9. The zero-order valence-corrected chi connectivity index (χ0v) is 14.8. The Labute approximate surface area is 160 Å².